The van der Waals surface area contributed by atoms with Gasteiger partial charge < -0.3 is 15.4 Å². The van der Waals surface area contributed by atoms with Crippen molar-refractivity contribution in [2.24, 2.45) is 17.1 Å². The Morgan fingerprint density at radius 3 is 2.53 bits per heavy atom. The summed E-state index contributed by atoms with van der Waals surface area (Å²) in [5, 5.41) is 0. The number of rotatable bonds is 1. The van der Waals surface area contributed by atoms with E-state index >= 15 is 0 Å². The smallest absolute Gasteiger partial charge is 0.410 e. The molecule has 1 rings (SSSR count). The van der Waals surface area contributed by atoms with E-state index < -0.39 is 5.60 Å². The number of ether oxygens (including phenoxy) is 1. The molecule has 0 aromatic rings. The van der Waals surface area contributed by atoms with E-state index in [0.29, 0.717) is 19.0 Å². The molecule has 100 valence electrons. The summed E-state index contributed by atoms with van der Waals surface area (Å²) in [5.74, 6) is 0.351. The summed E-state index contributed by atoms with van der Waals surface area (Å²) in [6.07, 6.45) is 0.764. The van der Waals surface area contributed by atoms with Crippen molar-refractivity contribution in [3.05, 3.63) is 0 Å². The van der Waals surface area contributed by atoms with Crippen molar-refractivity contribution in [2.75, 3.05) is 19.6 Å². The number of piperidine rings is 1. The fourth-order valence-electron chi connectivity index (χ4n) is 2.12. The van der Waals surface area contributed by atoms with Crippen molar-refractivity contribution in [1.82, 2.24) is 4.90 Å². The molecule has 0 bridgehead atoms. The number of carbonyl (C=O) groups excluding carboxylic acids is 1. The molecule has 0 saturated carbocycles. The molecular weight excluding hydrogens is 216 g/mol. The SMILES string of the molecule is CC(C)(C)OC(=O)N1CCC(C)(C)C(CN)C1. The third kappa shape index (κ3) is 3.87. The van der Waals surface area contributed by atoms with Gasteiger partial charge in [-0.2, -0.15) is 0 Å². The van der Waals surface area contributed by atoms with Gasteiger partial charge in [0.25, 0.3) is 0 Å². The van der Waals surface area contributed by atoms with Gasteiger partial charge in [0.2, 0.25) is 0 Å². The maximum Gasteiger partial charge on any atom is 0.410 e. The first kappa shape index (κ1) is 14.3. The van der Waals surface area contributed by atoms with E-state index in [0.717, 1.165) is 13.0 Å². The normalized spacial score (nSPS) is 24.6. The molecule has 0 aromatic heterocycles. The van der Waals surface area contributed by atoms with Gasteiger partial charge in [0, 0.05) is 13.1 Å². The molecule has 0 radical (unpaired) electrons. The van der Waals surface area contributed by atoms with Crippen LogP contribution in [0, 0.1) is 11.3 Å². The Morgan fingerprint density at radius 1 is 1.47 bits per heavy atom. The van der Waals surface area contributed by atoms with Crippen LogP contribution in [0.5, 0.6) is 0 Å². The van der Waals surface area contributed by atoms with Gasteiger partial charge in [-0.15, -0.1) is 0 Å². The molecule has 2 N–H and O–H groups in total. The van der Waals surface area contributed by atoms with Gasteiger partial charge in [-0.1, -0.05) is 13.8 Å². The lowest BCUT2D eigenvalue weighted by Crippen LogP contribution is -2.50. The van der Waals surface area contributed by atoms with E-state index in [2.05, 4.69) is 13.8 Å². The minimum Gasteiger partial charge on any atom is -0.444 e. The lowest BCUT2D eigenvalue weighted by Gasteiger charge is -2.43. The van der Waals surface area contributed by atoms with E-state index in [4.69, 9.17) is 10.5 Å². The maximum absolute atomic E-state index is 11.9. The zero-order valence-corrected chi connectivity index (χ0v) is 11.7. The van der Waals surface area contributed by atoms with Crippen LogP contribution in [0.2, 0.25) is 0 Å². The van der Waals surface area contributed by atoms with Crippen molar-refractivity contribution >= 4 is 6.09 Å². The summed E-state index contributed by atoms with van der Waals surface area (Å²) in [7, 11) is 0. The van der Waals surface area contributed by atoms with Gasteiger partial charge in [-0.05, 0) is 45.1 Å². The lowest BCUT2D eigenvalue weighted by atomic mass is 9.73. The monoisotopic (exact) mass is 242 g/mol. The van der Waals surface area contributed by atoms with Crippen LogP contribution in [0.3, 0.4) is 0 Å². The minimum absolute atomic E-state index is 0.216. The van der Waals surface area contributed by atoms with Crippen LogP contribution in [0.4, 0.5) is 4.79 Å². The highest BCUT2D eigenvalue weighted by molar-refractivity contribution is 5.68. The Kier molecular flexibility index (Phi) is 4.07. The van der Waals surface area contributed by atoms with E-state index in [1.807, 2.05) is 20.8 Å². The summed E-state index contributed by atoms with van der Waals surface area (Å²) in [6.45, 7) is 12.2. The molecule has 1 aliphatic heterocycles. The molecule has 0 spiro atoms. The minimum atomic E-state index is -0.428. The average molecular weight is 242 g/mol. The van der Waals surface area contributed by atoms with Crippen LogP contribution in [-0.2, 0) is 4.74 Å². The van der Waals surface area contributed by atoms with E-state index in [-0.39, 0.29) is 11.5 Å². The summed E-state index contributed by atoms with van der Waals surface area (Å²) in [4.78, 5) is 13.7. The molecule has 1 heterocycles. The van der Waals surface area contributed by atoms with Crippen molar-refractivity contribution in [3.8, 4) is 0 Å². The first-order valence-corrected chi connectivity index (χ1v) is 6.34. The molecule has 1 atom stereocenters. The first-order chi connectivity index (χ1) is 7.65. The van der Waals surface area contributed by atoms with Crippen molar-refractivity contribution in [2.45, 2.75) is 46.6 Å². The van der Waals surface area contributed by atoms with Crippen molar-refractivity contribution < 1.29 is 9.53 Å². The number of hydrogen-bond donors (Lipinski definition) is 1. The molecule has 1 fully saturated rings. The first-order valence-electron chi connectivity index (χ1n) is 6.34. The topological polar surface area (TPSA) is 55.6 Å². The van der Waals surface area contributed by atoms with Gasteiger partial charge in [0.15, 0.2) is 0 Å². The number of carbonyl (C=O) groups is 1. The predicted molar refractivity (Wildman–Crippen MR) is 68.7 cm³/mol. The quantitative estimate of drug-likeness (QED) is 0.767. The second-order valence-electron chi connectivity index (χ2n) is 6.60. The molecule has 0 aromatic carbocycles. The van der Waals surface area contributed by atoms with E-state index in [1.54, 1.807) is 4.90 Å². The highest BCUT2D eigenvalue weighted by Crippen LogP contribution is 2.35. The van der Waals surface area contributed by atoms with E-state index in [1.165, 1.54) is 0 Å². The van der Waals surface area contributed by atoms with Crippen LogP contribution < -0.4 is 5.73 Å². The molecular formula is C13H26N2O2. The summed E-state index contributed by atoms with van der Waals surface area (Å²) in [5.41, 5.74) is 5.58. The number of nitrogens with zero attached hydrogens (tertiary/aromatic N) is 1. The van der Waals surface area contributed by atoms with Gasteiger partial charge in [0.05, 0.1) is 0 Å². The van der Waals surface area contributed by atoms with Crippen molar-refractivity contribution in [3.63, 3.8) is 0 Å². The fourth-order valence-corrected chi connectivity index (χ4v) is 2.12. The third-order valence-electron chi connectivity index (χ3n) is 3.51. The van der Waals surface area contributed by atoms with Crippen LogP contribution in [0.1, 0.15) is 41.0 Å². The Morgan fingerprint density at radius 2 is 2.06 bits per heavy atom. The number of hydrogen-bond acceptors (Lipinski definition) is 3. The highest BCUT2D eigenvalue weighted by Gasteiger charge is 2.37. The standard InChI is InChI=1S/C13H26N2O2/c1-12(2,3)17-11(16)15-7-6-13(4,5)10(8-14)9-15/h10H,6-9,14H2,1-5H3. The second kappa shape index (κ2) is 4.84. The Bertz CT molecular complexity index is 282. The van der Waals surface area contributed by atoms with Crippen LogP contribution in [-0.4, -0.2) is 36.2 Å². The maximum atomic E-state index is 11.9. The van der Waals surface area contributed by atoms with E-state index in [9.17, 15) is 4.79 Å². The van der Waals surface area contributed by atoms with Gasteiger partial charge in [-0.3, -0.25) is 0 Å². The highest BCUT2D eigenvalue weighted by atomic mass is 16.6. The van der Waals surface area contributed by atoms with Gasteiger partial charge >= 0.3 is 6.09 Å². The van der Waals surface area contributed by atoms with Crippen molar-refractivity contribution in [1.29, 1.82) is 0 Å². The summed E-state index contributed by atoms with van der Waals surface area (Å²) >= 11 is 0. The predicted octanol–water partition coefficient (Wildman–Crippen LogP) is 2.23. The Hall–Kier alpha value is -0.770. The lowest BCUT2D eigenvalue weighted by molar-refractivity contribution is 0.000303. The van der Waals surface area contributed by atoms with Crippen LogP contribution in [0.15, 0.2) is 0 Å². The molecule has 1 aliphatic rings. The molecule has 4 heteroatoms. The summed E-state index contributed by atoms with van der Waals surface area (Å²) in [6, 6.07) is 0. The Labute approximate surface area is 104 Å². The number of likely N-dealkylation sites (tertiary alicyclic amines) is 1. The van der Waals surface area contributed by atoms with Crippen LogP contribution >= 0.6 is 0 Å². The molecule has 4 nitrogen and oxygen atoms in total. The zero-order chi connectivity index (χ0) is 13.3. The van der Waals surface area contributed by atoms with Gasteiger partial charge in [0.1, 0.15) is 5.60 Å². The molecule has 1 saturated heterocycles. The molecule has 0 aliphatic carbocycles. The fraction of sp³-hybridized carbons (Fsp3) is 0.923. The third-order valence-corrected chi connectivity index (χ3v) is 3.51. The zero-order valence-electron chi connectivity index (χ0n) is 11.7. The van der Waals surface area contributed by atoms with Crippen LogP contribution in [0.25, 0.3) is 0 Å². The Balaban J connectivity index is 2.61. The summed E-state index contributed by atoms with van der Waals surface area (Å²) < 4.78 is 5.38. The molecule has 1 unspecified atom stereocenters. The largest absolute Gasteiger partial charge is 0.444 e. The average Bonchev–Trinajstić information content (AvgIpc) is 2.14. The molecule has 17 heavy (non-hydrogen) atoms. The molecule has 1 amide bonds. The number of amides is 1. The van der Waals surface area contributed by atoms with Gasteiger partial charge in [-0.25, -0.2) is 4.79 Å². The number of nitrogens with two attached hydrogens (primary N) is 1. The second-order valence-corrected chi connectivity index (χ2v) is 6.60.